The zero-order chi connectivity index (χ0) is 16.2. The Labute approximate surface area is 140 Å². The maximum absolute atomic E-state index is 11.0. The largest absolute Gasteiger partial charge is 0.368 e. The van der Waals surface area contributed by atoms with Crippen molar-refractivity contribution in [3.8, 4) is 0 Å². The Bertz CT molecular complexity index is 681. The number of anilines is 3. The first-order valence-electron chi connectivity index (χ1n) is 7.61. The Balaban J connectivity index is 1.61. The number of rotatable bonds is 3. The predicted octanol–water partition coefficient (Wildman–Crippen LogP) is 3.02. The van der Waals surface area contributed by atoms with Crippen molar-refractivity contribution in [2.75, 3.05) is 41.3 Å². The van der Waals surface area contributed by atoms with Crippen LogP contribution in [0.1, 0.15) is 6.92 Å². The average molecular weight is 331 g/mol. The number of nitrogens with zero attached hydrogens (tertiary/aromatic N) is 3. The lowest BCUT2D eigenvalue weighted by atomic mass is 10.2. The van der Waals surface area contributed by atoms with Crippen LogP contribution >= 0.6 is 11.6 Å². The van der Waals surface area contributed by atoms with Crippen molar-refractivity contribution < 1.29 is 4.79 Å². The third kappa shape index (κ3) is 3.93. The molecule has 1 aromatic heterocycles. The van der Waals surface area contributed by atoms with Crippen molar-refractivity contribution >= 4 is 34.7 Å². The molecule has 2 heterocycles. The maximum atomic E-state index is 11.0. The Morgan fingerprint density at radius 2 is 1.87 bits per heavy atom. The van der Waals surface area contributed by atoms with Gasteiger partial charge in [0.2, 0.25) is 5.91 Å². The van der Waals surface area contributed by atoms with Crippen LogP contribution in [0.5, 0.6) is 0 Å². The second-order valence-corrected chi connectivity index (χ2v) is 5.98. The van der Waals surface area contributed by atoms with Gasteiger partial charge in [-0.2, -0.15) is 0 Å². The highest BCUT2D eigenvalue weighted by Gasteiger charge is 2.18. The van der Waals surface area contributed by atoms with Crippen molar-refractivity contribution in [3.05, 3.63) is 47.6 Å². The molecule has 0 aliphatic carbocycles. The van der Waals surface area contributed by atoms with Gasteiger partial charge in [-0.3, -0.25) is 4.79 Å². The Kier molecular flexibility index (Phi) is 4.67. The molecule has 1 aromatic carbocycles. The van der Waals surface area contributed by atoms with E-state index in [1.54, 1.807) is 6.20 Å². The summed E-state index contributed by atoms with van der Waals surface area (Å²) in [6.07, 6.45) is 1.69. The van der Waals surface area contributed by atoms with Crippen LogP contribution in [-0.4, -0.2) is 37.1 Å². The Morgan fingerprint density at radius 1 is 1.13 bits per heavy atom. The number of nitrogens with one attached hydrogen (secondary N) is 1. The summed E-state index contributed by atoms with van der Waals surface area (Å²) in [5.41, 5.74) is 1.88. The first-order chi connectivity index (χ1) is 11.1. The fourth-order valence-corrected chi connectivity index (χ4v) is 2.90. The van der Waals surface area contributed by atoms with E-state index < -0.39 is 0 Å². The van der Waals surface area contributed by atoms with Gasteiger partial charge in [0.15, 0.2) is 0 Å². The zero-order valence-electron chi connectivity index (χ0n) is 13.0. The number of benzene rings is 1. The van der Waals surface area contributed by atoms with Gasteiger partial charge in [0, 0.05) is 43.8 Å². The van der Waals surface area contributed by atoms with Crippen molar-refractivity contribution in [3.63, 3.8) is 0 Å². The van der Waals surface area contributed by atoms with E-state index in [2.05, 4.69) is 26.2 Å². The molecule has 1 N–H and O–H groups in total. The quantitative estimate of drug-likeness (QED) is 0.939. The molecular weight excluding hydrogens is 312 g/mol. The molecule has 1 fully saturated rings. The summed E-state index contributed by atoms with van der Waals surface area (Å²) in [4.78, 5) is 20.0. The molecule has 0 bridgehead atoms. The smallest absolute Gasteiger partial charge is 0.221 e. The summed E-state index contributed by atoms with van der Waals surface area (Å²) in [5.74, 6) is 0.847. The van der Waals surface area contributed by atoms with E-state index in [1.165, 1.54) is 6.92 Å². The van der Waals surface area contributed by atoms with Crippen LogP contribution < -0.4 is 15.1 Å². The summed E-state index contributed by atoms with van der Waals surface area (Å²) in [7, 11) is 0. The van der Waals surface area contributed by atoms with Crippen molar-refractivity contribution in [1.29, 1.82) is 0 Å². The van der Waals surface area contributed by atoms with E-state index in [9.17, 15) is 4.79 Å². The molecule has 2 aromatic rings. The van der Waals surface area contributed by atoms with Crippen molar-refractivity contribution in [1.82, 2.24) is 4.98 Å². The van der Waals surface area contributed by atoms with Gasteiger partial charge in [-0.1, -0.05) is 17.7 Å². The lowest BCUT2D eigenvalue weighted by molar-refractivity contribution is -0.114. The van der Waals surface area contributed by atoms with Gasteiger partial charge < -0.3 is 15.1 Å². The van der Waals surface area contributed by atoms with E-state index >= 15 is 0 Å². The first-order valence-corrected chi connectivity index (χ1v) is 7.99. The van der Waals surface area contributed by atoms with Crippen LogP contribution in [0.4, 0.5) is 17.2 Å². The minimum absolute atomic E-state index is 0.0883. The molecule has 0 saturated carbocycles. The highest BCUT2D eigenvalue weighted by Crippen LogP contribution is 2.22. The lowest BCUT2D eigenvalue weighted by Crippen LogP contribution is -2.46. The molecule has 5 nitrogen and oxygen atoms in total. The molecule has 1 saturated heterocycles. The lowest BCUT2D eigenvalue weighted by Gasteiger charge is -2.36. The van der Waals surface area contributed by atoms with Crippen LogP contribution in [0.15, 0.2) is 42.6 Å². The van der Waals surface area contributed by atoms with Gasteiger partial charge in [-0.15, -0.1) is 0 Å². The molecule has 120 valence electrons. The van der Waals surface area contributed by atoms with Gasteiger partial charge in [0.1, 0.15) is 5.82 Å². The number of halogens is 1. The summed E-state index contributed by atoms with van der Waals surface area (Å²) < 4.78 is 0. The fourth-order valence-electron chi connectivity index (χ4n) is 2.72. The molecule has 3 rings (SSSR count). The number of carbonyl (C=O) groups excluding carboxylic acids is 1. The maximum Gasteiger partial charge on any atom is 0.221 e. The minimum Gasteiger partial charge on any atom is -0.368 e. The number of piperazine rings is 1. The monoisotopic (exact) mass is 330 g/mol. The van der Waals surface area contributed by atoms with Crippen LogP contribution in [0, 0.1) is 0 Å². The number of aromatic nitrogens is 1. The fraction of sp³-hybridized carbons (Fsp3) is 0.294. The van der Waals surface area contributed by atoms with Crippen LogP contribution in [0.2, 0.25) is 5.02 Å². The highest BCUT2D eigenvalue weighted by molar-refractivity contribution is 6.30. The topological polar surface area (TPSA) is 48.5 Å². The van der Waals surface area contributed by atoms with Gasteiger partial charge >= 0.3 is 0 Å². The van der Waals surface area contributed by atoms with Crippen molar-refractivity contribution in [2.45, 2.75) is 6.92 Å². The third-order valence-corrected chi connectivity index (χ3v) is 4.08. The SMILES string of the molecule is CC(=O)Nc1ccc(N2CCN(c3cccc(Cl)c3)CC2)nc1. The highest BCUT2D eigenvalue weighted by atomic mass is 35.5. The number of amides is 1. The molecule has 1 aliphatic heterocycles. The van der Waals surface area contributed by atoms with E-state index in [-0.39, 0.29) is 5.91 Å². The normalized spacial score (nSPS) is 14.7. The second-order valence-electron chi connectivity index (χ2n) is 5.54. The average Bonchev–Trinajstić information content (AvgIpc) is 2.55. The summed E-state index contributed by atoms with van der Waals surface area (Å²) in [6, 6.07) is 11.8. The van der Waals surface area contributed by atoms with E-state index in [1.807, 2.05) is 30.3 Å². The molecule has 0 spiro atoms. The first kappa shape index (κ1) is 15.6. The Morgan fingerprint density at radius 3 is 2.48 bits per heavy atom. The second kappa shape index (κ2) is 6.87. The van der Waals surface area contributed by atoms with E-state index in [0.29, 0.717) is 0 Å². The molecular formula is C17H19ClN4O. The van der Waals surface area contributed by atoms with Gasteiger partial charge in [-0.25, -0.2) is 4.98 Å². The number of hydrogen-bond acceptors (Lipinski definition) is 4. The summed E-state index contributed by atoms with van der Waals surface area (Å²) in [5, 5.41) is 3.49. The molecule has 1 amide bonds. The van der Waals surface area contributed by atoms with Crippen LogP contribution in [-0.2, 0) is 4.79 Å². The molecule has 0 radical (unpaired) electrons. The Hall–Kier alpha value is -2.27. The van der Waals surface area contributed by atoms with Gasteiger partial charge in [0.25, 0.3) is 0 Å². The standard InChI is InChI=1S/C17H19ClN4O/c1-13(23)20-15-5-6-17(19-12-15)22-9-7-21(8-10-22)16-4-2-3-14(18)11-16/h2-6,11-12H,7-10H2,1H3,(H,20,23). The predicted molar refractivity (Wildman–Crippen MR) is 94.4 cm³/mol. The van der Waals surface area contributed by atoms with Crippen molar-refractivity contribution in [2.24, 2.45) is 0 Å². The van der Waals surface area contributed by atoms with E-state index in [0.717, 1.165) is 48.4 Å². The summed E-state index contributed by atoms with van der Waals surface area (Å²) in [6.45, 7) is 5.14. The molecule has 23 heavy (non-hydrogen) atoms. The van der Waals surface area contributed by atoms with Gasteiger partial charge in [0.05, 0.1) is 11.9 Å². The van der Waals surface area contributed by atoms with E-state index in [4.69, 9.17) is 11.6 Å². The van der Waals surface area contributed by atoms with Crippen LogP contribution in [0.3, 0.4) is 0 Å². The number of carbonyl (C=O) groups is 1. The molecule has 6 heteroatoms. The zero-order valence-corrected chi connectivity index (χ0v) is 13.8. The van der Waals surface area contributed by atoms with Gasteiger partial charge in [-0.05, 0) is 30.3 Å². The number of hydrogen-bond donors (Lipinski definition) is 1. The molecule has 0 unspecified atom stereocenters. The minimum atomic E-state index is -0.0883. The molecule has 1 aliphatic rings. The third-order valence-electron chi connectivity index (χ3n) is 3.85. The van der Waals surface area contributed by atoms with Crippen LogP contribution in [0.25, 0.3) is 0 Å². The number of pyridine rings is 1. The summed E-state index contributed by atoms with van der Waals surface area (Å²) >= 11 is 6.06. The molecule has 0 atom stereocenters.